The van der Waals surface area contributed by atoms with Crippen molar-refractivity contribution in [1.82, 2.24) is 4.90 Å². The van der Waals surface area contributed by atoms with E-state index in [-0.39, 0.29) is 23.7 Å². The molecule has 1 saturated heterocycles. The number of nitrogens with zero attached hydrogens (tertiary/aromatic N) is 1. The SMILES string of the molecule is CC1CCCN(C(=O)C2CC2C(=O)Nc2ccc(C(C)C)cc2)C1. The average molecular weight is 328 g/mol. The van der Waals surface area contributed by atoms with E-state index in [1.807, 2.05) is 29.2 Å². The van der Waals surface area contributed by atoms with Crippen molar-refractivity contribution in [3.05, 3.63) is 29.8 Å². The van der Waals surface area contributed by atoms with Gasteiger partial charge < -0.3 is 10.2 Å². The van der Waals surface area contributed by atoms with Crippen molar-refractivity contribution < 1.29 is 9.59 Å². The zero-order valence-corrected chi connectivity index (χ0v) is 14.9. The van der Waals surface area contributed by atoms with Gasteiger partial charge in [0.2, 0.25) is 11.8 Å². The standard InChI is InChI=1S/C20H28N2O2/c1-13(2)15-6-8-16(9-7-15)21-19(23)17-11-18(17)20(24)22-10-4-5-14(3)12-22/h6-9,13-14,17-18H,4-5,10-12H2,1-3H3,(H,21,23). The van der Waals surface area contributed by atoms with Crippen LogP contribution in [-0.4, -0.2) is 29.8 Å². The van der Waals surface area contributed by atoms with Crippen LogP contribution >= 0.6 is 0 Å². The van der Waals surface area contributed by atoms with E-state index in [2.05, 4.69) is 26.1 Å². The van der Waals surface area contributed by atoms with Gasteiger partial charge in [0.15, 0.2) is 0 Å². The van der Waals surface area contributed by atoms with Gasteiger partial charge in [-0.05, 0) is 48.8 Å². The third-order valence-electron chi connectivity index (χ3n) is 5.26. The van der Waals surface area contributed by atoms with Crippen LogP contribution < -0.4 is 5.32 Å². The van der Waals surface area contributed by atoms with Crippen LogP contribution in [0.5, 0.6) is 0 Å². The quantitative estimate of drug-likeness (QED) is 0.917. The van der Waals surface area contributed by atoms with Crippen molar-refractivity contribution >= 4 is 17.5 Å². The maximum Gasteiger partial charge on any atom is 0.228 e. The summed E-state index contributed by atoms with van der Waals surface area (Å²) in [5, 5.41) is 2.96. The molecule has 24 heavy (non-hydrogen) atoms. The van der Waals surface area contributed by atoms with E-state index in [0.717, 1.165) is 25.2 Å². The zero-order chi connectivity index (χ0) is 17.3. The van der Waals surface area contributed by atoms with Crippen LogP contribution in [0.1, 0.15) is 51.5 Å². The summed E-state index contributed by atoms with van der Waals surface area (Å²) < 4.78 is 0. The molecule has 1 N–H and O–H groups in total. The van der Waals surface area contributed by atoms with Crippen LogP contribution in [0.2, 0.25) is 0 Å². The molecule has 1 aliphatic heterocycles. The Morgan fingerprint density at radius 1 is 1.17 bits per heavy atom. The normalized spacial score (nSPS) is 26.3. The van der Waals surface area contributed by atoms with E-state index in [1.54, 1.807) is 0 Å². The minimum atomic E-state index is -0.153. The summed E-state index contributed by atoms with van der Waals surface area (Å²) in [6.07, 6.45) is 2.98. The molecular weight excluding hydrogens is 300 g/mol. The Hall–Kier alpha value is -1.84. The Balaban J connectivity index is 1.53. The highest BCUT2D eigenvalue weighted by Crippen LogP contribution is 2.41. The molecule has 3 atom stereocenters. The number of piperidine rings is 1. The van der Waals surface area contributed by atoms with Crippen molar-refractivity contribution in [2.24, 2.45) is 17.8 Å². The molecule has 1 heterocycles. The number of amides is 2. The number of carbonyl (C=O) groups is 2. The molecule has 2 aliphatic rings. The predicted octanol–water partition coefficient (Wildman–Crippen LogP) is 3.64. The summed E-state index contributed by atoms with van der Waals surface area (Å²) in [6.45, 7) is 8.19. The topological polar surface area (TPSA) is 49.4 Å². The number of rotatable bonds is 4. The third-order valence-corrected chi connectivity index (χ3v) is 5.26. The second-order valence-corrected chi connectivity index (χ2v) is 7.75. The van der Waals surface area contributed by atoms with Crippen LogP contribution in [-0.2, 0) is 9.59 Å². The first-order valence-corrected chi connectivity index (χ1v) is 9.15. The van der Waals surface area contributed by atoms with Crippen molar-refractivity contribution in [2.75, 3.05) is 18.4 Å². The fourth-order valence-corrected chi connectivity index (χ4v) is 3.57. The van der Waals surface area contributed by atoms with Gasteiger partial charge in [0.05, 0.1) is 11.8 Å². The minimum Gasteiger partial charge on any atom is -0.342 e. The molecule has 1 aromatic rings. The Morgan fingerprint density at radius 2 is 1.88 bits per heavy atom. The number of benzene rings is 1. The lowest BCUT2D eigenvalue weighted by Gasteiger charge is -2.31. The van der Waals surface area contributed by atoms with E-state index in [0.29, 0.717) is 18.3 Å². The molecular formula is C20H28N2O2. The summed E-state index contributed by atoms with van der Waals surface area (Å²) >= 11 is 0. The molecule has 3 unspecified atom stereocenters. The van der Waals surface area contributed by atoms with Gasteiger partial charge in [0, 0.05) is 18.8 Å². The molecule has 2 fully saturated rings. The largest absolute Gasteiger partial charge is 0.342 e. The Bertz CT molecular complexity index is 609. The summed E-state index contributed by atoms with van der Waals surface area (Å²) in [7, 11) is 0. The highest BCUT2D eigenvalue weighted by Gasteiger charge is 2.49. The van der Waals surface area contributed by atoms with Crippen LogP contribution in [0.4, 0.5) is 5.69 Å². The molecule has 1 aromatic carbocycles. The van der Waals surface area contributed by atoms with Gasteiger partial charge in [-0.25, -0.2) is 0 Å². The lowest BCUT2D eigenvalue weighted by atomic mass is 10.00. The molecule has 3 rings (SSSR count). The van der Waals surface area contributed by atoms with E-state index in [4.69, 9.17) is 0 Å². The van der Waals surface area contributed by atoms with Gasteiger partial charge in [-0.1, -0.05) is 32.9 Å². The molecule has 4 heteroatoms. The molecule has 1 saturated carbocycles. The predicted molar refractivity (Wildman–Crippen MR) is 95.7 cm³/mol. The fraction of sp³-hybridized carbons (Fsp3) is 0.600. The van der Waals surface area contributed by atoms with Crippen molar-refractivity contribution in [2.45, 2.75) is 46.0 Å². The molecule has 0 spiro atoms. The van der Waals surface area contributed by atoms with Crippen LogP contribution in [0.15, 0.2) is 24.3 Å². The first kappa shape index (κ1) is 17.0. The number of hydrogen-bond acceptors (Lipinski definition) is 2. The first-order chi connectivity index (χ1) is 11.5. The molecule has 130 valence electrons. The maximum absolute atomic E-state index is 12.5. The second kappa shape index (κ2) is 6.96. The Labute approximate surface area is 144 Å². The zero-order valence-electron chi connectivity index (χ0n) is 14.9. The molecule has 0 aromatic heterocycles. The van der Waals surface area contributed by atoms with Crippen LogP contribution in [0.3, 0.4) is 0 Å². The van der Waals surface area contributed by atoms with Gasteiger partial charge in [0.1, 0.15) is 0 Å². The highest BCUT2D eigenvalue weighted by atomic mass is 16.2. The minimum absolute atomic E-state index is 0.0179. The number of nitrogens with one attached hydrogen (secondary N) is 1. The van der Waals surface area contributed by atoms with Gasteiger partial charge >= 0.3 is 0 Å². The summed E-state index contributed by atoms with van der Waals surface area (Å²) in [4.78, 5) is 26.9. The van der Waals surface area contributed by atoms with Gasteiger partial charge in [-0.3, -0.25) is 9.59 Å². The molecule has 1 aliphatic carbocycles. The van der Waals surface area contributed by atoms with Crippen molar-refractivity contribution in [3.63, 3.8) is 0 Å². The number of likely N-dealkylation sites (tertiary alicyclic amines) is 1. The van der Waals surface area contributed by atoms with Crippen molar-refractivity contribution in [1.29, 1.82) is 0 Å². The number of anilines is 1. The maximum atomic E-state index is 12.5. The van der Waals surface area contributed by atoms with Crippen LogP contribution in [0, 0.1) is 17.8 Å². The summed E-state index contributed by atoms with van der Waals surface area (Å²) in [5.41, 5.74) is 2.07. The van der Waals surface area contributed by atoms with Gasteiger partial charge in [-0.15, -0.1) is 0 Å². The van der Waals surface area contributed by atoms with Crippen molar-refractivity contribution in [3.8, 4) is 0 Å². The molecule has 4 nitrogen and oxygen atoms in total. The third kappa shape index (κ3) is 3.80. The Kier molecular flexibility index (Phi) is 4.93. The van der Waals surface area contributed by atoms with E-state index < -0.39 is 0 Å². The lowest BCUT2D eigenvalue weighted by Crippen LogP contribution is -2.40. The van der Waals surface area contributed by atoms with E-state index >= 15 is 0 Å². The molecule has 0 bridgehead atoms. The van der Waals surface area contributed by atoms with Gasteiger partial charge in [0.25, 0.3) is 0 Å². The first-order valence-electron chi connectivity index (χ1n) is 9.15. The molecule has 2 amide bonds. The summed E-state index contributed by atoms with van der Waals surface area (Å²) in [5.74, 6) is 0.956. The highest BCUT2D eigenvalue weighted by molar-refractivity contribution is 5.99. The Morgan fingerprint density at radius 3 is 2.50 bits per heavy atom. The average Bonchev–Trinajstić information content (AvgIpc) is 3.35. The second-order valence-electron chi connectivity index (χ2n) is 7.75. The van der Waals surface area contributed by atoms with Crippen LogP contribution in [0.25, 0.3) is 0 Å². The lowest BCUT2D eigenvalue weighted by molar-refractivity contribution is -0.135. The number of hydrogen-bond donors (Lipinski definition) is 1. The van der Waals surface area contributed by atoms with Gasteiger partial charge in [-0.2, -0.15) is 0 Å². The number of carbonyl (C=O) groups excluding carboxylic acids is 2. The summed E-state index contributed by atoms with van der Waals surface area (Å²) in [6, 6.07) is 7.98. The smallest absolute Gasteiger partial charge is 0.228 e. The van der Waals surface area contributed by atoms with E-state index in [9.17, 15) is 9.59 Å². The molecule has 0 radical (unpaired) electrons. The van der Waals surface area contributed by atoms with E-state index in [1.165, 1.54) is 12.0 Å². The monoisotopic (exact) mass is 328 g/mol. The fourth-order valence-electron chi connectivity index (χ4n) is 3.57.